The van der Waals surface area contributed by atoms with Crippen molar-refractivity contribution in [3.63, 3.8) is 0 Å². The van der Waals surface area contributed by atoms with Crippen molar-refractivity contribution in [1.82, 2.24) is 9.78 Å². The van der Waals surface area contributed by atoms with Crippen molar-refractivity contribution in [2.75, 3.05) is 16.8 Å². The van der Waals surface area contributed by atoms with Gasteiger partial charge < -0.3 is 10.2 Å². The number of hydrogen-bond acceptors (Lipinski definition) is 4. The maximum Gasteiger partial charge on any atom is 0.227 e. The van der Waals surface area contributed by atoms with Crippen LogP contribution in [0.3, 0.4) is 0 Å². The fourth-order valence-corrected chi connectivity index (χ4v) is 3.05. The zero-order valence-corrected chi connectivity index (χ0v) is 16.6. The Morgan fingerprint density at radius 3 is 2.40 bits per heavy atom. The molecule has 0 saturated heterocycles. The van der Waals surface area contributed by atoms with E-state index in [9.17, 15) is 9.59 Å². The highest BCUT2D eigenvalue weighted by Gasteiger charge is 2.17. The van der Waals surface area contributed by atoms with E-state index in [4.69, 9.17) is 5.26 Å². The standard InChI is InChI=1S/C23H23N5O2/c24-15-7-17-27(20-10-5-2-6-11-20)23(30)13-12-22(29)26-21-14-16-25-28(21)18-19-8-3-1-4-9-19/h1-6,8-11,14,16H,7,12-13,17-18H2,(H,26,29). The quantitative estimate of drug-likeness (QED) is 0.593. The first kappa shape index (κ1) is 20.8. The van der Waals surface area contributed by atoms with E-state index in [0.29, 0.717) is 18.9 Å². The summed E-state index contributed by atoms with van der Waals surface area (Å²) in [5.74, 6) is 0.136. The molecule has 0 atom stereocenters. The smallest absolute Gasteiger partial charge is 0.227 e. The molecule has 0 aliphatic rings. The molecule has 0 radical (unpaired) electrons. The molecule has 1 aromatic heterocycles. The number of hydrogen-bond donors (Lipinski definition) is 1. The Bertz CT molecular complexity index is 1010. The first-order valence-corrected chi connectivity index (χ1v) is 9.75. The molecule has 2 amide bonds. The topological polar surface area (TPSA) is 91.0 Å². The Kier molecular flexibility index (Phi) is 7.34. The van der Waals surface area contributed by atoms with Crippen molar-refractivity contribution in [2.45, 2.75) is 25.8 Å². The van der Waals surface area contributed by atoms with Gasteiger partial charge in [-0.25, -0.2) is 4.68 Å². The number of nitrogens with one attached hydrogen (secondary N) is 1. The van der Waals surface area contributed by atoms with E-state index in [-0.39, 0.29) is 31.1 Å². The van der Waals surface area contributed by atoms with Gasteiger partial charge in [0.1, 0.15) is 5.82 Å². The van der Waals surface area contributed by atoms with Crippen LogP contribution in [0.25, 0.3) is 0 Å². The Morgan fingerprint density at radius 1 is 1.00 bits per heavy atom. The van der Waals surface area contributed by atoms with Crippen LogP contribution in [-0.2, 0) is 16.1 Å². The zero-order valence-electron chi connectivity index (χ0n) is 16.6. The van der Waals surface area contributed by atoms with Gasteiger partial charge in [-0.2, -0.15) is 10.4 Å². The van der Waals surface area contributed by atoms with Crippen LogP contribution in [0, 0.1) is 11.3 Å². The Balaban J connectivity index is 1.57. The molecule has 0 fully saturated rings. The number of anilines is 2. The van der Waals surface area contributed by atoms with Gasteiger partial charge in [-0.05, 0) is 17.7 Å². The molecule has 0 spiro atoms. The van der Waals surface area contributed by atoms with Crippen molar-refractivity contribution >= 4 is 23.3 Å². The number of amides is 2. The van der Waals surface area contributed by atoms with Crippen LogP contribution in [0.1, 0.15) is 24.8 Å². The SMILES string of the molecule is N#CCCN(C(=O)CCC(=O)Nc1ccnn1Cc1ccccc1)c1ccccc1. The minimum Gasteiger partial charge on any atom is -0.311 e. The lowest BCUT2D eigenvalue weighted by molar-refractivity contribution is -0.122. The summed E-state index contributed by atoms with van der Waals surface area (Å²) in [7, 11) is 0. The van der Waals surface area contributed by atoms with Crippen LogP contribution in [-0.4, -0.2) is 28.1 Å². The van der Waals surface area contributed by atoms with Gasteiger partial charge in [-0.15, -0.1) is 0 Å². The van der Waals surface area contributed by atoms with Gasteiger partial charge in [-0.3, -0.25) is 9.59 Å². The number of benzene rings is 2. The summed E-state index contributed by atoms with van der Waals surface area (Å²) in [6.07, 6.45) is 1.96. The summed E-state index contributed by atoms with van der Waals surface area (Å²) in [6.45, 7) is 0.836. The van der Waals surface area contributed by atoms with E-state index >= 15 is 0 Å². The van der Waals surface area contributed by atoms with Gasteiger partial charge in [-0.1, -0.05) is 48.5 Å². The fraction of sp³-hybridized carbons (Fsp3) is 0.217. The van der Waals surface area contributed by atoms with Crippen molar-refractivity contribution in [1.29, 1.82) is 5.26 Å². The molecule has 1 heterocycles. The summed E-state index contributed by atoms with van der Waals surface area (Å²) < 4.78 is 1.71. The lowest BCUT2D eigenvalue weighted by atomic mass is 10.2. The molecule has 30 heavy (non-hydrogen) atoms. The van der Waals surface area contributed by atoms with Crippen LogP contribution in [0.15, 0.2) is 72.9 Å². The van der Waals surface area contributed by atoms with Crippen LogP contribution >= 0.6 is 0 Å². The summed E-state index contributed by atoms with van der Waals surface area (Å²) >= 11 is 0. The molecule has 0 unspecified atom stereocenters. The van der Waals surface area contributed by atoms with Crippen LogP contribution in [0.5, 0.6) is 0 Å². The number of nitrogens with zero attached hydrogens (tertiary/aromatic N) is 4. The third kappa shape index (κ3) is 5.79. The molecule has 3 aromatic rings. The minimum absolute atomic E-state index is 0.0469. The van der Waals surface area contributed by atoms with E-state index in [1.54, 1.807) is 21.8 Å². The molecule has 0 bridgehead atoms. The van der Waals surface area contributed by atoms with Crippen molar-refractivity contribution in [3.05, 3.63) is 78.5 Å². The molecule has 7 nitrogen and oxygen atoms in total. The largest absolute Gasteiger partial charge is 0.311 e. The predicted molar refractivity (Wildman–Crippen MR) is 115 cm³/mol. The number of carbonyl (C=O) groups is 2. The highest BCUT2D eigenvalue weighted by molar-refractivity contribution is 5.97. The van der Waals surface area contributed by atoms with Gasteiger partial charge in [0, 0.05) is 31.1 Å². The number of carbonyl (C=O) groups excluding carboxylic acids is 2. The third-order valence-electron chi connectivity index (χ3n) is 4.54. The minimum atomic E-state index is -0.258. The zero-order chi connectivity index (χ0) is 21.2. The molecule has 152 valence electrons. The van der Waals surface area contributed by atoms with Crippen molar-refractivity contribution < 1.29 is 9.59 Å². The van der Waals surface area contributed by atoms with Gasteiger partial charge in [0.2, 0.25) is 11.8 Å². The fourth-order valence-electron chi connectivity index (χ4n) is 3.05. The Morgan fingerprint density at radius 2 is 1.70 bits per heavy atom. The molecular weight excluding hydrogens is 378 g/mol. The molecule has 7 heteroatoms. The van der Waals surface area contributed by atoms with E-state index in [1.807, 2.05) is 60.7 Å². The summed E-state index contributed by atoms with van der Waals surface area (Å²) in [5.41, 5.74) is 1.79. The van der Waals surface area contributed by atoms with Gasteiger partial charge in [0.05, 0.1) is 25.2 Å². The number of aromatic nitrogens is 2. The second-order valence-electron chi connectivity index (χ2n) is 6.70. The number of rotatable bonds is 9. The van der Waals surface area contributed by atoms with Crippen LogP contribution in [0.2, 0.25) is 0 Å². The molecule has 0 saturated carbocycles. The normalized spacial score (nSPS) is 10.2. The van der Waals surface area contributed by atoms with E-state index < -0.39 is 0 Å². The number of nitriles is 1. The highest BCUT2D eigenvalue weighted by atomic mass is 16.2. The number of para-hydroxylation sites is 1. The first-order chi connectivity index (χ1) is 14.7. The average Bonchev–Trinajstić information content (AvgIpc) is 3.20. The summed E-state index contributed by atoms with van der Waals surface area (Å²) in [4.78, 5) is 26.7. The van der Waals surface area contributed by atoms with E-state index in [0.717, 1.165) is 11.3 Å². The summed E-state index contributed by atoms with van der Waals surface area (Å²) in [6, 6.07) is 22.8. The molecule has 0 aliphatic carbocycles. The van der Waals surface area contributed by atoms with E-state index in [2.05, 4.69) is 16.5 Å². The van der Waals surface area contributed by atoms with E-state index in [1.165, 1.54) is 0 Å². The Labute approximate surface area is 175 Å². The van der Waals surface area contributed by atoms with Crippen molar-refractivity contribution in [3.8, 4) is 6.07 Å². The van der Waals surface area contributed by atoms with Gasteiger partial charge in [0.25, 0.3) is 0 Å². The first-order valence-electron chi connectivity index (χ1n) is 9.75. The van der Waals surface area contributed by atoms with Gasteiger partial charge >= 0.3 is 0 Å². The maximum atomic E-state index is 12.7. The molecule has 0 aliphatic heterocycles. The molecule has 1 N–H and O–H groups in total. The predicted octanol–water partition coefficient (Wildman–Crippen LogP) is 3.60. The second kappa shape index (κ2) is 10.6. The van der Waals surface area contributed by atoms with Crippen molar-refractivity contribution in [2.24, 2.45) is 0 Å². The van der Waals surface area contributed by atoms with Crippen LogP contribution in [0.4, 0.5) is 11.5 Å². The molecular formula is C23H23N5O2. The Hall–Kier alpha value is -3.92. The molecule has 2 aromatic carbocycles. The van der Waals surface area contributed by atoms with Gasteiger partial charge in [0.15, 0.2) is 0 Å². The second-order valence-corrected chi connectivity index (χ2v) is 6.70. The summed E-state index contributed by atoms with van der Waals surface area (Å²) in [5, 5.41) is 16.0. The third-order valence-corrected chi connectivity index (χ3v) is 4.54. The van der Waals surface area contributed by atoms with Crippen LogP contribution < -0.4 is 10.2 Å². The highest BCUT2D eigenvalue weighted by Crippen LogP contribution is 2.16. The average molecular weight is 401 g/mol. The molecule has 3 rings (SSSR count). The maximum absolute atomic E-state index is 12.7. The lowest BCUT2D eigenvalue weighted by Gasteiger charge is -2.21. The lowest BCUT2D eigenvalue weighted by Crippen LogP contribution is -2.32. The monoisotopic (exact) mass is 401 g/mol.